The quantitative estimate of drug-likeness (QED) is 0.741. The predicted octanol–water partition coefficient (Wildman–Crippen LogP) is 4.40. The van der Waals surface area contributed by atoms with Gasteiger partial charge in [0.25, 0.3) is 0 Å². The average molecular weight is 338 g/mol. The van der Waals surface area contributed by atoms with Gasteiger partial charge in [-0.3, -0.25) is 4.98 Å². The van der Waals surface area contributed by atoms with Gasteiger partial charge in [-0.1, -0.05) is 6.07 Å². The van der Waals surface area contributed by atoms with Gasteiger partial charge in [0, 0.05) is 34.7 Å². The van der Waals surface area contributed by atoms with Gasteiger partial charge in [-0.25, -0.2) is 9.78 Å². The van der Waals surface area contributed by atoms with E-state index in [0.717, 1.165) is 27.5 Å². The largest absolute Gasteiger partial charge is 0.331 e. The van der Waals surface area contributed by atoms with E-state index in [9.17, 15) is 4.79 Å². The van der Waals surface area contributed by atoms with Crippen LogP contribution < -0.4 is 10.6 Å². The fourth-order valence-electron chi connectivity index (χ4n) is 2.26. The first-order chi connectivity index (χ1) is 11.6. The third-order valence-electron chi connectivity index (χ3n) is 3.54. The highest BCUT2D eigenvalue weighted by atomic mass is 32.1. The monoisotopic (exact) mass is 338 g/mol. The maximum Gasteiger partial charge on any atom is 0.319 e. The summed E-state index contributed by atoms with van der Waals surface area (Å²) in [7, 11) is 0. The van der Waals surface area contributed by atoms with E-state index in [1.54, 1.807) is 23.7 Å². The van der Waals surface area contributed by atoms with E-state index in [0.29, 0.717) is 0 Å². The van der Waals surface area contributed by atoms with Crippen molar-refractivity contribution in [3.8, 4) is 10.6 Å². The summed E-state index contributed by atoms with van der Waals surface area (Å²) in [6.45, 7) is 3.90. The van der Waals surface area contributed by atoms with E-state index in [4.69, 9.17) is 0 Å². The first-order valence-corrected chi connectivity index (χ1v) is 8.50. The van der Waals surface area contributed by atoms with E-state index < -0.39 is 0 Å². The number of thiazole rings is 1. The molecule has 2 N–H and O–H groups in total. The summed E-state index contributed by atoms with van der Waals surface area (Å²) in [6, 6.07) is 11.1. The van der Waals surface area contributed by atoms with E-state index in [-0.39, 0.29) is 12.1 Å². The van der Waals surface area contributed by atoms with Crippen LogP contribution in [-0.2, 0) is 0 Å². The molecule has 6 heteroatoms. The molecule has 0 bridgehead atoms. The lowest BCUT2D eigenvalue weighted by Gasteiger charge is -2.14. The average Bonchev–Trinajstić information content (AvgIpc) is 3.02. The molecule has 2 aromatic heterocycles. The molecule has 5 nitrogen and oxygen atoms in total. The van der Waals surface area contributed by atoms with Gasteiger partial charge in [0.1, 0.15) is 5.01 Å². The standard InChI is InChI=1S/C18H18N4OS/c1-12-11-24-17(20-12)14-5-7-16(8-6-14)22-18(23)21-13(2)15-4-3-9-19-10-15/h3-11,13H,1-2H3,(H2,21,22,23)/t13-/m0/s1. The summed E-state index contributed by atoms with van der Waals surface area (Å²) in [4.78, 5) is 20.6. The smallest absolute Gasteiger partial charge is 0.319 e. The number of pyridine rings is 1. The predicted molar refractivity (Wildman–Crippen MR) is 97.1 cm³/mol. The number of aromatic nitrogens is 2. The summed E-state index contributed by atoms with van der Waals surface area (Å²) < 4.78 is 0. The Bertz CT molecular complexity index is 815. The van der Waals surface area contributed by atoms with Gasteiger partial charge >= 0.3 is 6.03 Å². The van der Waals surface area contributed by atoms with Crippen LogP contribution >= 0.6 is 11.3 Å². The first kappa shape index (κ1) is 16.1. The molecule has 0 aliphatic heterocycles. The molecular formula is C18H18N4OS. The van der Waals surface area contributed by atoms with E-state index in [1.807, 2.05) is 55.6 Å². The topological polar surface area (TPSA) is 66.9 Å². The number of aryl methyl sites for hydroxylation is 1. The van der Waals surface area contributed by atoms with Crippen LogP contribution in [0.4, 0.5) is 10.5 Å². The molecule has 0 spiro atoms. The van der Waals surface area contributed by atoms with Crippen LogP contribution in [0.2, 0.25) is 0 Å². The molecule has 1 atom stereocenters. The SMILES string of the molecule is Cc1csc(-c2ccc(NC(=O)N[C@@H](C)c3cccnc3)cc2)n1. The second kappa shape index (κ2) is 7.23. The van der Waals surface area contributed by atoms with Gasteiger partial charge in [-0.2, -0.15) is 0 Å². The van der Waals surface area contributed by atoms with Crippen LogP contribution in [0.5, 0.6) is 0 Å². The number of hydrogen-bond donors (Lipinski definition) is 2. The molecule has 0 aliphatic carbocycles. The zero-order chi connectivity index (χ0) is 16.9. The molecule has 2 amide bonds. The number of nitrogens with zero attached hydrogens (tertiary/aromatic N) is 2. The van der Waals surface area contributed by atoms with Crippen molar-refractivity contribution in [1.29, 1.82) is 0 Å². The van der Waals surface area contributed by atoms with E-state index in [1.165, 1.54) is 0 Å². The second-order valence-electron chi connectivity index (χ2n) is 5.48. The van der Waals surface area contributed by atoms with Gasteiger partial charge in [-0.15, -0.1) is 11.3 Å². The minimum Gasteiger partial charge on any atom is -0.331 e. The van der Waals surface area contributed by atoms with Crippen molar-refractivity contribution >= 4 is 23.1 Å². The van der Waals surface area contributed by atoms with Crippen LogP contribution in [0.1, 0.15) is 24.2 Å². The Morgan fingerprint density at radius 3 is 2.62 bits per heavy atom. The summed E-state index contributed by atoms with van der Waals surface area (Å²) in [6.07, 6.45) is 3.46. The lowest BCUT2D eigenvalue weighted by atomic mass is 10.1. The van der Waals surface area contributed by atoms with Crippen LogP contribution in [-0.4, -0.2) is 16.0 Å². The van der Waals surface area contributed by atoms with Crippen molar-refractivity contribution in [1.82, 2.24) is 15.3 Å². The highest BCUT2D eigenvalue weighted by Crippen LogP contribution is 2.24. The molecule has 0 radical (unpaired) electrons. The van der Waals surface area contributed by atoms with Crippen molar-refractivity contribution < 1.29 is 4.79 Å². The molecule has 1 aromatic carbocycles. The summed E-state index contributed by atoms with van der Waals surface area (Å²) in [5.74, 6) is 0. The van der Waals surface area contributed by atoms with Gasteiger partial charge in [0.15, 0.2) is 0 Å². The van der Waals surface area contributed by atoms with Gasteiger partial charge in [0.05, 0.1) is 6.04 Å². The second-order valence-corrected chi connectivity index (χ2v) is 6.34. The molecule has 0 unspecified atom stereocenters. The number of rotatable bonds is 4. The third kappa shape index (κ3) is 3.97. The van der Waals surface area contributed by atoms with E-state index >= 15 is 0 Å². The summed E-state index contributed by atoms with van der Waals surface area (Å²) in [5, 5.41) is 8.74. The highest BCUT2D eigenvalue weighted by Gasteiger charge is 2.10. The number of benzene rings is 1. The number of carbonyl (C=O) groups is 1. The number of nitrogens with one attached hydrogen (secondary N) is 2. The fourth-order valence-corrected chi connectivity index (χ4v) is 3.07. The molecule has 0 saturated carbocycles. The number of hydrogen-bond acceptors (Lipinski definition) is 4. The Kier molecular flexibility index (Phi) is 4.86. The normalized spacial score (nSPS) is 11.8. The van der Waals surface area contributed by atoms with Crippen molar-refractivity contribution in [2.24, 2.45) is 0 Å². The molecule has 0 saturated heterocycles. The third-order valence-corrected chi connectivity index (χ3v) is 4.55. The van der Waals surface area contributed by atoms with Gasteiger partial charge in [-0.05, 0) is 49.7 Å². The van der Waals surface area contributed by atoms with Crippen LogP contribution in [0.25, 0.3) is 10.6 Å². The first-order valence-electron chi connectivity index (χ1n) is 7.62. The van der Waals surface area contributed by atoms with Crippen LogP contribution in [0.15, 0.2) is 54.2 Å². The van der Waals surface area contributed by atoms with Crippen molar-refractivity contribution in [3.05, 3.63) is 65.4 Å². The molecule has 2 heterocycles. The zero-order valence-corrected chi connectivity index (χ0v) is 14.3. The highest BCUT2D eigenvalue weighted by molar-refractivity contribution is 7.13. The Balaban J connectivity index is 1.60. The molecule has 122 valence electrons. The van der Waals surface area contributed by atoms with Crippen molar-refractivity contribution in [2.45, 2.75) is 19.9 Å². The fraction of sp³-hybridized carbons (Fsp3) is 0.167. The van der Waals surface area contributed by atoms with Crippen molar-refractivity contribution in [2.75, 3.05) is 5.32 Å². The van der Waals surface area contributed by atoms with Crippen LogP contribution in [0, 0.1) is 6.92 Å². The van der Waals surface area contributed by atoms with Crippen LogP contribution in [0.3, 0.4) is 0 Å². The maximum absolute atomic E-state index is 12.1. The maximum atomic E-state index is 12.1. The number of urea groups is 1. The lowest BCUT2D eigenvalue weighted by Crippen LogP contribution is -2.31. The molecule has 0 fully saturated rings. The molecule has 0 aliphatic rings. The molecular weight excluding hydrogens is 320 g/mol. The number of anilines is 1. The van der Waals surface area contributed by atoms with Crippen molar-refractivity contribution in [3.63, 3.8) is 0 Å². The lowest BCUT2D eigenvalue weighted by molar-refractivity contribution is 0.249. The minimum atomic E-state index is -0.246. The zero-order valence-electron chi connectivity index (χ0n) is 13.5. The summed E-state index contributed by atoms with van der Waals surface area (Å²) in [5.41, 5.74) is 3.76. The number of amides is 2. The Hall–Kier alpha value is -2.73. The van der Waals surface area contributed by atoms with Gasteiger partial charge in [0.2, 0.25) is 0 Å². The van der Waals surface area contributed by atoms with Gasteiger partial charge < -0.3 is 10.6 Å². The Morgan fingerprint density at radius 2 is 2.00 bits per heavy atom. The van der Waals surface area contributed by atoms with E-state index in [2.05, 4.69) is 20.6 Å². The molecule has 3 aromatic rings. The molecule has 24 heavy (non-hydrogen) atoms. The Morgan fingerprint density at radius 1 is 1.21 bits per heavy atom. The number of carbonyl (C=O) groups excluding carboxylic acids is 1. The Labute approximate surface area is 144 Å². The molecule has 3 rings (SSSR count). The minimum absolute atomic E-state index is 0.115. The summed E-state index contributed by atoms with van der Waals surface area (Å²) >= 11 is 1.61.